The average molecular weight is 495 g/mol. The molecule has 1 heterocycles. The monoisotopic (exact) mass is 495 g/mol. The number of carbonyl (C=O) groups excluding carboxylic acids is 2. The van der Waals surface area contributed by atoms with E-state index >= 15 is 0 Å². The molecule has 12 nitrogen and oxygen atoms in total. The molecule has 0 saturated heterocycles. The lowest BCUT2D eigenvalue weighted by atomic mass is 9.94. The van der Waals surface area contributed by atoms with E-state index in [0.29, 0.717) is 11.3 Å². The second-order valence-corrected chi connectivity index (χ2v) is 7.23. The summed E-state index contributed by atoms with van der Waals surface area (Å²) >= 11 is 0. The van der Waals surface area contributed by atoms with Gasteiger partial charge in [0.2, 0.25) is 0 Å². The number of H-pyrrole nitrogens is 1. The minimum absolute atomic E-state index is 0.0553. The average Bonchev–Trinajstić information content (AvgIpc) is 2.82. The molecule has 1 amide bonds. The molecule has 0 spiro atoms. The molecule has 0 saturated carbocycles. The van der Waals surface area contributed by atoms with E-state index in [1.165, 1.54) is 48.5 Å². The standard InChI is InChI=1S/C24H21N3O9/c1-2-35-24(34)12-7-9-13(10-8-12)26-16(28)11-36-15-6-4-3-5-14(15)17-18(22(30)31)20(25)27-21(29)19(17)23(32)33/h3-10H,2,11H2,1H3,(H,26,28)(H,30,31)(H,32,33)(H3,25,27,29). The number of aromatic amines is 1. The zero-order valence-corrected chi connectivity index (χ0v) is 18.9. The largest absolute Gasteiger partial charge is 0.483 e. The lowest BCUT2D eigenvalue weighted by molar-refractivity contribution is -0.118. The van der Waals surface area contributed by atoms with Gasteiger partial charge in [-0.15, -0.1) is 0 Å². The van der Waals surface area contributed by atoms with Crippen LogP contribution >= 0.6 is 0 Å². The summed E-state index contributed by atoms with van der Waals surface area (Å²) in [7, 11) is 0. The first-order chi connectivity index (χ1) is 17.1. The summed E-state index contributed by atoms with van der Waals surface area (Å²) in [6.45, 7) is 1.36. The molecule has 0 fully saturated rings. The topological polar surface area (TPSA) is 198 Å². The van der Waals surface area contributed by atoms with Gasteiger partial charge in [-0.1, -0.05) is 18.2 Å². The minimum Gasteiger partial charge on any atom is -0.483 e. The van der Waals surface area contributed by atoms with Crippen molar-refractivity contribution >= 4 is 35.3 Å². The Morgan fingerprint density at radius 1 is 0.972 bits per heavy atom. The van der Waals surface area contributed by atoms with E-state index in [9.17, 15) is 34.2 Å². The first-order valence-electron chi connectivity index (χ1n) is 10.5. The maximum atomic E-state index is 12.4. The molecule has 186 valence electrons. The summed E-state index contributed by atoms with van der Waals surface area (Å²) in [5, 5.41) is 21.8. The molecule has 6 N–H and O–H groups in total. The van der Waals surface area contributed by atoms with Crippen LogP contribution < -0.4 is 21.3 Å². The van der Waals surface area contributed by atoms with Gasteiger partial charge >= 0.3 is 17.9 Å². The molecule has 3 rings (SSSR count). The molecule has 0 aliphatic carbocycles. The number of amides is 1. The number of hydrogen-bond acceptors (Lipinski definition) is 8. The zero-order chi connectivity index (χ0) is 26.4. The lowest BCUT2D eigenvalue weighted by Crippen LogP contribution is -2.24. The van der Waals surface area contributed by atoms with Crippen LogP contribution in [0.15, 0.2) is 53.3 Å². The number of ether oxygens (including phenoxy) is 2. The van der Waals surface area contributed by atoms with Crippen molar-refractivity contribution < 1.29 is 38.9 Å². The number of anilines is 2. The van der Waals surface area contributed by atoms with Crippen LogP contribution in [0.4, 0.5) is 11.5 Å². The van der Waals surface area contributed by atoms with E-state index in [2.05, 4.69) is 5.32 Å². The van der Waals surface area contributed by atoms with Gasteiger partial charge in [0, 0.05) is 16.8 Å². The Balaban J connectivity index is 1.87. The Bertz CT molecular complexity index is 1390. The summed E-state index contributed by atoms with van der Waals surface area (Å²) in [5.41, 5.74) is 3.26. The normalized spacial score (nSPS) is 10.4. The first-order valence-corrected chi connectivity index (χ1v) is 10.5. The Morgan fingerprint density at radius 2 is 1.61 bits per heavy atom. The molecular formula is C24H21N3O9. The highest BCUT2D eigenvalue weighted by Gasteiger charge is 2.28. The quantitative estimate of drug-likeness (QED) is 0.274. The number of pyridine rings is 1. The molecule has 0 aliphatic heterocycles. The van der Waals surface area contributed by atoms with Crippen LogP contribution in [-0.2, 0) is 9.53 Å². The fourth-order valence-corrected chi connectivity index (χ4v) is 3.36. The number of aromatic nitrogens is 1. The van der Waals surface area contributed by atoms with Crippen molar-refractivity contribution in [1.82, 2.24) is 4.98 Å². The van der Waals surface area contributed by atoms with Gasteiger partial charge in [-0.2, -0.15) is 0 Å². The van der Waals surface area contributed by atoms with Crippen LogP contribution in [0.1, 0.15) is 38.0 Å². The molecular weight excluding hydrogens is 474 g/mol. The van der Waals surface area contributed by atoms with E-state index in [-0.39, 0.29) is 17.9 Å². The summed E-state index contributed by atoms with van der Waals surface area (Å²) in [6, 6.07) is 11.7. The van der Waals surface area contributed by atoms with E-state index in [1.807, 2.05) is 4.98 Å². The third-order valence-corrected chi connectivity index (χ3v) is 4.87. The van der Waals surface area contributed by atoms with Crippen molar-refractivity contribution in [2.75, 3.05) is 24.3 Å². The van der Waals surface area contributed by atoms with Crippen molar-refractivity contribution in [3.63, 3.8) is 0 Å². The van der Waals surface area contributed by atoms with Crippen LogP contribution in [0, 0.1) is 0 Å². The van der Waals surface area contributed by atoms with Crippen LogP contribution in [0.2, 0.25) is 0 Å². The maximum Gasteiger partial charge on any atom is 0.342 e. The van der Waals surface area contributed by atoms with Gasteiger partial charge in [0.1, 0.15) is 22.7 Å². The van der Waals surface area contributed by atoms with Crippen molar-refractivity contribution in [3.05, 3.63) is 75.6 Å². The highest BCUT2D eigenvalue weighted by atomic mass is 16.5. The Kier molecular flexibility index (Phi) is 7.69. The van der Waals surface area contributed by atoms with Gasteiger partial charge in [-0.05, 0) is 37.3 Å². The zero-order valence-electron chi connectivity index (χ0n) is 18.9. The number of esters is 1. The predicted molar refractivity (Wildman–Crippen MR) is 127 cm³/mol. The predicted octanol–water partition coefficient (Wildman–Crippen LogP) is 2.21. The van der Waals surface area contributed by atoms with E-state index < -0.39 is 58.5 Å². The number of rotatable bonds is 9. The van der Waals surface area contributed by atoms with Gasteiger partial charge < -0.3 is 35.7 Å². The van der Waals surface area contributed by atoms with Crippen molar-refractivity contribution in [1.29, 1.82) is 0 Å². The van der Waals surface area contributed by atoms with E-state index in [0.717, 1.165) is 0 Å². The number of nitrogens with one attached hydrogen (secondary N) is 2. The Labute approximate surface area is 203 Å². The molecule has 0 radical (unpaired) electrons. The SMILES string of the molecule is CCOC(=O)c1ccc(NC(=O)COc2ccccc2-c2c(C(=O)O)c(N)[nH]c(=O)c2C(=O)O)cc1. The third-order valence-electron chi connectivity index (χ3n) is 4.87. The van der Waals surface area contributed by atoms with E-state index in [4.69, 9.17) is 15.2 Å². The van der Waals surface area contributed by atoms with Crippen LogP contribution in [0.5, 0.6) is 5.75 Å². The molecule has 1 aromatic heterocycles. The Hall–Kier alpha value is -5.13. The number of carboxylic acids is 2. The van der Waals surface area contributed by atoms with Gasteiger partial charge in [0.05, 0.1) is 12.2 Å². The van der Waals surface area contributed by atoms with E-state index in [1.54, 1.807) is 6.92 Å². The van der Waals surface area contributed by atoms with Gasteiger partial charge in [-0.3, -0.25) is 9.59 Å². The number of carboxylic acid groups (broad SMARTS) is 2. The summed E-state index contributed by atoms with van der Waals surface area (Å²) in [4.78, 5) is 62.1. The van der Waals surface area contributed by atoms with Crippen LogP contribution in [0.3, 0.4) is 0 Å². The Morgan fingerprint density at radius 3 is 2.22 bits per heavy atom. The molecule has 0 unspecified atom stereocenters. The number of hydrogen-bond donors (Lipinski definition) is 5. The van der Waals surface area contributed by atoms with Crippen molar-refractivity contribution in [2.24, 2.45) is 0 Å². The fraction of sp³-hybridized carbons (Fsp3) is 0.125. The summed E-state index contributed by atoms with van der Waals surface area (Å²) < 4.78 is 10.4. The molecule has 3 aromatic rings. The smallest absolute Gasteiger partial charge is 0.342 e. The third kappa shape index (κ3) is 5.50. The number of carbonyl (C=O) groups is 4. The van der Waals surface area contributed by atoms with Crippen molar-refractivity contribution in [2.45, 2.75) is 6.92 Å². The minimum atomic E-state index is -1.67. The number of aromatic carboxylic acids is 2. The highest BCUT2D eigenvalue weighted by Crippen LogP contribution is 2.35. The highest BCUT2D eigenvalue weighted by molar-refractivity contribution is 6.08. The molecule has 2 aromatic carbocycles. The number of benzene rings is 2. The molecule has 0 atom stereocenters. The lowest BCUT2D eigenvalue weighted by Gasteiger charge is -2.16. The van der Waals surface area contributed by atoms with Gasteiger partial charge in [0.25, 0.3) is 11.5 Å². The molecule has 0 aliphatic rings. The number of nitrogens with two attached hydrogens (primary N) is 1. The maximum absolute atomic E-state index is 12.4. The van der Waals surface area contributed by atoms with Crippen LogP contribution in [0.25, 0.3) is 11.1 Å². The summed E-state index contributed by atoms with van der Waals surface area (Å²) in [5.74, 6) is -4.94. The second kappa shape index (κ2) is 10.9. The molecule has 12 heteroatoms. The van der Waals surface area contributed by atoms with Crippen molar-refractivity contribution in [3.8, 4) is 16.9 Å². The number of nitrogen functional groups attached to an aromatic ring is 1. The molecule has 0 bridgehead atoms. The first kappa shape index (κ1) is 25.5. The van der Waals surface area contributed by atoms with Gasteiger partial charge in [0.15, 0.2) is 6.61 Å². The summed E-state index contributed by atoms with van der Waals surface area (Å²) in [6.07, 6.45) is 0. The number of para-hydroxylation sites is 1. The van der Waals surface area contributed by atoms with Gasteiger partial charge in [-0.25, -0.2) is 14.4 Å². The van der Waals surface area contributed by atoms with Crippen LogP contribution in [-0.4, -0.2) is 52.2 Å². The second-order valence-electron chi connectivity index (χ2n) is 7.23. The fourth-order valence-electron chi connectivity index (χ4n) is 3.36. The molecule has 36 heavy (non-hydrogen) atoms.